The predicted octanol–water partition coefficient (Wildman–Crippen LogP) is 0.865. The summed E-state index contributed by atoms with van der Waals surface area (Å²) in [7, 11) is 0. The van der Waals surface area contributed by atoms with E-state index in [2.05, 4.69) is 5.32 Å². The molecule has 0 saturated heterocycles. The van der Waals surface area contributed by atoms with Gasteiger partial charge in [0.2, 0.25) is 5.91 Å². The first-order chi connectivity index (χ1) is 9.06. The van der Waals surface area contributed by atoms with Crippen molar-refractivity contribution < 1.29 is 4.79 Å². The summed E-state index contributed by atoms with van der Waals surface area (Å²) in [5, 5.41) is 19.8. The van der Waals surface area contributed by atoms with Crippen LogP contribution in [0.15, 0.2) is 18.2 Å². The van der Waals surface area contributed by atoms with E-state index in [1.807, 2.05) is 25.1 Å². The van der Waals surface area contributed by atoms with Crippen molar-refractivity contribution >= 4 is 17.3 Å². The van der Waals surface area contributed by atoms with Crippen LogP contribution in [0, 0.1) is 29.6 Å². The van der Waals surface area contributed by atoms with Crippen molar-refractivity contribution in [2.24, 2.45) is 0 Å². The van der Waals surface area contributed by atoms with E-state index in [4.69, 9.17) is 16.3 Å². The van der Waals surface area contributed by atoms with E-state index in [9.17, 15) is 4.79 Å². The number of nitrogens with two attached hydrogens (primary N) is 1. The molecule has 0 aromatic heterocycles. The summed E-state index contributed by atoms with van der Waals surface area (Å²) in [6.45, 7) is 1.95. The van der Waals surface area contributed by atoms with Gasteiger partial charge in [-0.05, 0) is 24.6 Å². The van der Waals surface area contributed by atoms with E-state index < -0.39 is 0 Å². The van der Waals surface area contributed by atoms with E-state index in [0.29, 0.717) is 11.4 Å². The van der Waals surface area contributed by atoms with Gasteiger partial charge in [0.25, 0.3) is 0 Å². The number of nitriles is 2. The average Bonchev–Trinajstić information content (AvgIpc) is 2.34. The molecule has 1 amide bonds. The molecular formula is C13H15N5O. The molecule has 0 radical (unpaired) electrons. The van der Waals surface area contributed by atoms with Crippen LogP contribution in [-0.4, -0.2) is 30.4 Å². The number of rotatable bonds is 5. The highest BCUT2D eigenvalue weighted by Crippen LogP contribution is 2.16. The minimum absolute atomic E-state index is 0.00506. The Kier molecular flexibility index (Phi) is 5.34. The Balaban J connectivity index is 2.61. The molecule has 6 heteroatoms. The van der Waals surface area contributed by atoms with Gasteiger partial charge in [-0.2, -0.15) is 10.5 Å². The first-order valence-electron chi connectivity index (χ1n) is 5.69. The van der Waals surface area contributed by atoms with E-state index in [1.54, 1.807) is 12.1 Å². The van der Waals surface area contributed by atoms with E-state index >= 15 is 0 Å². The summed E-state index contributed by atoms with van der Waals surface area (Å²) in [5.74, 6) is -0.284. The van der Waals surface area contributed by atoms with Gasteiger partial charge in [0.15, 0.2) is 0 Å². The monoisotopic (exact) mass is 257 g/mol. The molecular weight excluding hydrogens is 242 g/mol. The van der Waals surface area contributed by atoms with Crippen LogP contribution in [0.1, 0.15) is 5.56 Å². The van der Waals surface area contributed by atoms with Crippen LogP contribution in [-0.2, 0) is 4.79 Å². The van der Waals surface area contributed by atoms with Gasteiger partial charge >= 0.3 is 0 Å². The fourth-order valence-electron chi connectivity index (χ4n) is 1.49. The fourth-order valence-corrected chi connectivity index (χ4v) is 1.49. The molecule has 0 spiro atoms. The molecule has 0 aliphatic rings. The Labute approximate surface area is 112 Å². The maximum absolute atomic E-state index is 11.8. The van der Waals surface area contributed by atoms with E-state index in [-0.39, 0.29) is 25.5 Å². The molecule has 0 fully saturated rings. The maximum Gasteiger partial charge on any atom is 0.238 e. The highest BCUT2D eigenvalue weighted by atomic mass is 16.2. The Hall–Kier alpha value is -2.57. The molecule has 98 valence electrons. The second-order valence-electron chi connectivity index (χ2n) is 4.08. The Bertz CT molecular complexity index is 525. The lowest BCUT2D eigenvalue weighted by Crippen LogP contribution is -2.33. The summed E-state index contributed by atoms with van der Waals surface area (Å²) in [4.78, 5) is 13.2. The van der Waals surface area contributed by atoms with E-state index in [0.717, 1.165) is 5.56 Å². The van der Waals surface area contributed by atoms with Crippen LogP contribution in [0.25, 0.3) is 0 Å². The van der Waals surface area contributed by atoms with Gasteiger partial charge in [0.05, 0.1) is 31.8 Å². The molecule has 0 atom stereocenters. The molecule has 0 unspecified atom stereocenters. The molecule has 19 heavy (non-hydrogen) atoms. The normalized spacial score (nSPS) is 9.68. The first-order valence-corrected chi connectivity index (χ1v) is 5.69. The lowest BCUT2D eigenvalue weighted by atomic mass is 10.2. The third-order valence-corrected chi connectivity index (χ3v) is 2.52. The first kappa shape index (κ1) is 14.5. The molecule has 1 rings (SSSR count). The van der Waals surface area contributed by atoms with Crippen molar-refractivity contribution in [1.29, 1.82) is 10.5 Å². The van der Waals surface area contributed by atoms with Crippen molar-refractivity contribution in [3.05, 3.63) is 23.8 Å². The number of benzene rings is 1. The lowest BCUT2D eigenvalue weighted by molar-refractivity contribution is -0.117. The second-order valence-corrected chi connectivity index (χ2v) is 4.08. The standard InChI is InChI=1S/C13H15N5O/c1-10-2-3-11(8-12(10)16)17-13(19)9-18(6-4-14)7-5-15/h2-3,8H,6-7,9,16H2,1H3,(H,17,19). The number of hydrogen-bond donors (Lipinski definition) is 2. The highest BCUT2D eigenvalue weighted by molar-refractivity contribution is 5.92. The van der Waals surface area contributed by atoms with Crippen LogP contribution in [0.4, 0.5) is 11.4 Å². The summed E-state index contributed by atoms with van der Waals surface area (Å²) in [6, 6.07) is 9.06. The summed E-state index contributed by atoms with van der Waals surface area (Å²) in [5.41, 5.74) is 7.88. The van der Waals surface area contributed by atoms with Gasteiger partial charge in [0, 0.05) is 11.4 Å². The minimum Gasteiger partial charge on any atom is -0.398 e. The number of nitrogen functional groups attached to an aromatic ring is 1. The average molecular weight is 257 g/mol. The molecule has 1 aromatic rings. The number of anilines is 2. The Morgan fingerprint density at radius 1 is 1.37 bits per heavy atom. The second kappa shape index (κ2) is 7.00. The third-order valence-electron chi connectivity index (χ3n) is 2.52. The third kappa shape index (κ3) is 4.66. The van der Waals surface area contributed by atoms with Crippen molar-refractivity contribution in [3.8, 4) is 12.1 Å². The smallest absolute Gasteiger partial charge is 0.238 e. The zero-order valence-corrected chi connectivity index (χ0v) is 10.7. The number of nitrogens with one attached hydrogen (secondary N) is 1. The maximum atomic E-state index is 11.8. The van der Waals surface area contributed by atoms with Gasteiger partial charge in [-0.25, -0.2) is 0 Å². The number of amides is 1. The lowest BCUT2D eigenvalue weighted by Gasteiger charge is -2.15. The van der Waals surface area contributed by atoms with Crippen LogP contribution in [0.5, 0.6) is 0 Å². The van der Waals surface area contributed by atoms with Crippen molar-refractivity contribution in [2.75, 3.05) is 30.7 Å². The Morgan fingerprint density at radius 3 is 2.53 bits per heavy atom. The molecule has 6 nitrogen and oxygen atoms in total. The molecule has 0 bridgehead atoms. The quantitative estimate of drug-likeness (QED) is 0.601. The van der Waals surface area contributed by atoms with Crippen molar-refractivity contribution in [3.63, 3.8) is 0 Å². The molecule has 0 heterocycles. The number of nitrogens with zero attached hydrogens (tertiary/aromatic N) is 3. The number of hydrogen-bond acceptors (Lipinski definition) is 5. The molecule has 3 N–H and O–H groups in total. The summed E-state index contributed by atoms with van der Waals surface area (Å²) in [6.07, 6.45) is 0. The number of carbonyl (C=O) groups is 1. The zero-order chi connectivity index (χ0) is 14.3. The Morgan fingerprint density at radius 2 is 2.00 bits per heavy atom. The van der Waals surface area contributed by atoms with Gasteiger partial charge < -0.3 is 11.1 Å². The van der Waals surface area contributed by atoms with E-state index in [1.165, 1.54) is 4.90 Å². The van der Waals surface area contributed by atoms with Crippen LogP contribution >= 0.6 is 0 Å². The van der Waals surface area contributed by atoms with Gasteiger partial charge in [0.1, 0.15) is 0 Å². The van der Waals surface area contributed by atoms with Gasteiger partial charge in [-0.1, -0.05) is 6.07 Å². The van der Waals surface area contributed by atoms with Gasteiger partial charge in [-0.3, -0.25) is 9.69 Å². The van der Waals surface area contributed by atoms with Crippen LogP contribution in [0.3, 0.4) is 0 Å². The van der Waals surface area contributed by atoms with Gasteiger partial charge in [-0.15, -0.1) is 0 Å². The minimum atomic E-state index is -0.284. The van der Waals surface area contributed by atoms with Crippen LogP contribution in [0.2, 0.25) is 0 Å². The largest absolute Gasteiger partial charge is 0.398 e. The summed E-state index contributed by atoms with van der Waals surface area (Å²) >= 11 is 0. The highest BCUT2D eigenvalue weighted by Gasteiger charge is 2.10. The topological polar surface area (TPSA) is 106 Å². The fraction of sp³-hybridized carbons (Fsp3) is 0.308. The number of aryl methyl sites for hydroxylation is 1. The molecule has 0 aliphatic carbocycles. The zero-order valence-electron chi connectivity index (χ0n) is 10.7. The summed E-state index contributed by atoms with van der Waals surface area (Å²) < 4.78 is 0. The number of carbonyl (C=O) groups excluding carboxylic acids is 1. The predicted molar refractivity (Wildman–Crippen MR) is 71.9 cm³/mol. The molecule has 0 aliphatic heterocycles. The van der Waals surface area contributed by atoms with Crippen molar-refractivity contribution in [1.82, 2.24) is 4.90 Å². The van der Waals surface area contributed by atoms with Crippen LogP contribution < -0.4 is 11.1 Å². The molecule has 0 saturated carbocycles. The SMILES string of the molecule is Cc1ccc(NC(=O)CN(CC#N)CC#N)cc1N. The molecule has 1 aromatic carbocycles. The van der Waals surface area contributed by atoms with Crippen molar-refractivity contribution in [2.45, 2.75) is 6.92 Å².